The minimum atomic E-state index is -0.854. The van der Waals surface area contributed by atoms with Gasteiger partial charge in [0.15, 0.2) is 5.69 Å². The fraction of sp³-hybridized carbons (Fsp3) is 0.700. The molecule has 3 atom stereocenters. The Morgan fingerprint density at radius 3 is 2.64 bits per heavy atom. The summed E-state index contributed by atoms with van der Waals surface area (Å²) in [6.45, 7) is 5.04. The van der Waals surface area contributed by atoms with Crippen LogP contribution in [-0.4, -0.2) is 42.4 Å². The number of fused-ring (bicyclic) bond motifs is 2. The molecule has 0 radical (unpaired) electrons. The molecule has 2 unspecified atom stereocenters. The number of aliphatic hydroxyl groups is 1. The molecule has 138 valence electrons. The molecule has 0 amide bonds. The van der Waals surface area contributed by atoms with E-state index in [1.54, 1.807) is 7.11 Å². The summed E-state index contributed by atoms with van der Waals surface area (Å²) in [5.41, 5.74) is 1.14. The Morgan fingerprint density at radius 1 is 1.28 bits per heavy atom. The maximum atomic E-state index is 11.8. The van der Waals surface area contributed by atoms with Crippen LogP contribution in [0.1, 0.15) is 57.1 Å². The zero-order valence-electron chi connectivity index (χ0n) is 15.8. The first-order valence-corrected chi connectivity index (χ1v) is 9.32. The molecule has 1 saturated carbocycles. The summed E-state index contributed by atoms with van der Waals surface area (Å²) in [5.74, 6) is 0.510. The van der Waals surface area contributed by atoms with Crippen LogP contribution < -0.4 is 4.74 Å². The van der Waals surface area contributed by atoms with Gasteiger partial charge in [0.1, 0.15) is 5.75 Å². The molecule has 1 aromatic carbocycles. The van der Waals surface area contributed by atoms with Crippen LogP contribution in [0.5, 0.6) is 5.75 Å². The number of nitrogens with zero attached hydrogens (tertiary/aromatic N) is 2. The Bertz CT molecular complexity index is 659. The van der Waals surface area contributed by atoms with Crippen molar-refractivity contribution in [1.29, 1.82) is 0 Å². The number of methoxy groups -OCH3 is 1. The van der Waals surface area contributed by atoms with Crippen molar-refractivity contribution in [3.05, 3.63) is 28.2 Å². The number of hydrogen-bond donors (Lipinski definition) is 1. The van der Waals surface area contributed by atoms with E-state index in [-0.39, 0.29) is 0 Å². The molecule has 0 saturated heterocycles. The van der Waals surface area contributed by atoms with E-state index in [4.69, 9.17) is 4.74 Å². The predicted octanol–water partition coefficient (Wildman–Crippen LogP) is 3.92. The van der Waals surface area contributed by atoms with E-state index in [2.05, 4.69) is 30.1 Å². The molecule has 5 nitrogen and oxygen atoms in total. The Kier molecular flexibility index (Phi) is 4.91. The van der Waals surface area contributed by atoms with E-state index in [9.17, 15) is 10.0 Å². The van der Waals surface area contributed by atoms with E-state index in [1.807, 2.05) is 13.0 Å². The Morgan fingerprint density at radius 2 is 2.00 bits per heavy atom. The normalized spacial score (nSPS) is 33.4. The molecule has 1 N–H and O–H groups in total. The third kappa shape index (κ3) is 2.87. The van der Waals surface area contributed by atoms with Crippen molar-refractivity contribution in [3.63, 3.8) is 0 Å². The second-order valence-corrected chi connectivity index (χ2v) is 8.09. The highest BCUT2D eigenvalue weighted by Gasteiger charge is 2.52. The molecular formula is C20H30N2O3. The summed E-state index contributed by atoms with van der Waals surface area (Å²) in [6, 6.07) is 4.28. The van der Waals surface area contributed by atoms with Gasteiger partial charge in [0.05, 0.1) is 12.7 Å². The minimum absolute atomic E-state index is 0.373. The average molecular weight is 346 g/mol. The van der Waals surface area contributed by atoms with Crippen molar-refractivity contribution >= 4 is 5.69 Å². The van der Waals surface area contributed by atoms with E-state index in [1.165, 1.54) is 0 Å². The molecule has 1 aliphatic carbocycles. The van der Waals surface area contributed by atoms with Crippen molar-refractivity contribution < 1.29 is 9.84 Å². The van der Waals surface area contributed by atoms with Gasteiger partial charge < -0.3 is 14.7 Å². The molecular weight excluding hydrogens is 316 g/mol. The van der Waals surface area contributed by atoms with Crippen molar-refractivity contribution in [2.45, 2.75) is 69.4 Å². The van der Waals surface area contributed by atoms with Gasteiger partial charge in [-0.25, -0.2) is 0 Å². The first-order chi connectivity index (χ1) is 11.9. The van der Waals surface area contributed by atoms with Gasteiger partial charge in [0.2, 0.25) is 0 Å². The maximum absolute atomic E-state index is 11.8. The van der Waals surface area contributed by atoms with Crippen LogP contribution in [-0.2, 0) is 11.8 Å². The molecule has 1 heterocycles. The topological polar surface area (TPSA) is 62.1 Å². The van der Waals surface area contributed by atoms with Gasteiger partial charge in [0.25, 0.3) is 0 Å². The molecule has 1 spiro atoms. The molecule has 1 aromatic rings. The van der Waals surface area contributed by atoms with Crippen LogP contribution in [0.25, 0.3) is 0 Å². The van der Waals surface area contributed by atoms with Gasteiger partial charge in [-0.3, -0.25) is 0 Å². The number of nitroso groups, excluding NO2 is 1. The molecule has 0 bridgehead atoms. The zero-order chi connectivity index (χ0) is 18.2. The second kappa shape index (κ2) is 6.69. The molecule has 3 rings (SSSR count). The summed E-state index contributed by atoms with van der Waals surface area (Å²) >= 11 is 0. The van der Waals surface area contributed by atoms with E-state index in [0.29, 0.717) is 17.5 Å². The molecule has 2 aliphatic rings. The average Bonchev–Trinajstić information content (AvgIpc) is 2.59. The largest absolute Gasteiger partial charge is 0.494 e. The number of benzene rings is 1. The Labute approximate surface area is 150 Å². The van der Waals surface area contributed by atoms with Crippen molar-refractivity contribution in [2.24, 2.45) is 5.18 Å². The lowest BCUT2D eigenvalue weighted by Crippen LogP contribution is -2.55. The van der Waals surface area contributed by atoms with Gasteiger partial charge in [-0.2, -0.15) is 0 Å². The third-order valence-corrected chi connectivity index (χ3v) is 6.72. The minimum Gasteiger partial charge on any atom is -0.494 e. The highest BCUT2D eigenvalue weighted by molar-refractivity contribution is 5.64. The summed E-state index contributed by atoms with van der Waals surface area (Å²) < 4.78 is 5.44. The maximum Gasteiger partial charge on any atom is 0.153 e. The smallest absolute Gasteiger partial charge is 0.153 e. The summed E-state index contributed by atoms with van der Waals surface area (Å²) in [7, 11) is 3.71. The highest BCUT2D eigenvalue weighted by Crippen LogP contribution is 2.55. The number of rotatable bonds is 2. The van der Waals surface area contributed by atoms with Crippen molar-refractivity contribution in [2.75, 3.05) is 20.7 Å². The lowest BCUT2D eigenvalue weighted by molar-refractivity contribution is -0.0642. The Hall–Kier alpha value is -1.46. The fourth-order valence-electron chi connectivity index (χ4n) is 4.95. The van der Waals surface area contributed by atoms with Crippen LogP contribution in [0.15, 0.2) is 17.3 Å². The SMILES string of the molecule is COc1ccc2c(c1N=O)[C@]1(CCCCC1(C)O)CCN(C)C(C)C2. The fourth-order valence-corrected chi connectivity index (χ4v) is 4.95. The summed E-state index contributed by atoms with van der Waals surface area (Å²) in [4.78, 5) is 14.2. The highest BCUT2D eigenvalue weighted by atomic mass is 16.5. The summed E-state index contributed by atoms with van der Waals surface area (Å²) in [5, 5.41) is 14.8. The van der Waals surface area contributed by atoms with E-state index >= 15 is 0 Å². The van der Waals surface area contributed by atoms with Gasteiger partial charge in [-0.05, 0) is 75.5 Å². The van der Waals surface area contributed by atoms with Gasteiger partial charge >= 0.3 is 0 Å². The van der Waals surface area contributed by atoms with Crippen LogP contribution in [0.3, 0.4) is 0 Å². The monoisotopic (exact) mass is 346 g/mol. The molecule has 0 aromatic heterocycles. The number of ether oxygens (including phenoxy) is 1. The molecule has 25 heavy (non-hydrogen) atoms. The van der Waals surface area contributed by atoms with Crippen molar-refractivity contribution in [1.82, 2.24) is 4.90 Å². The van der Waals surface area contributed by atoms with Crippen LogP contribution in [0.2, 0.25) is 0 Å². The first-order valence-electron chi connectivity index (χ1n) is 9.32. The van der Waals surface area contributed by atoms with Gasteiger partial charge in [-0.15, -0.1) is 4.91 Å². The lowest BCUT2D eigenvalue weighted by atomic mass is 9.57. The summed E-state index contributed by atoms with van der Waals surface area (Å²) in [6.07, 6.45) is 5.38. The second-order valence-electron chi connectivity index (χ2n) is 8.09. The van der Waals surface area contributed by atoms with Gasteiger partial charge in [0, 0.05) is 11.5 Å². The lowest BCUT2D eigenvalue weighted by Gasteiger charge is -2.52. The standard InChI is InChI=1S/C20H30N2O3/c1-14-13-15-7-8-16(25-4)18(21-24)17(15)20(11-12-22(14)3)10-6-5-9-19(20,2)23/h7-8,14,23H,5-6,9-13H2,1-4H3/t14?,19?,20-/m0/s1. The predicted molar refractivity (Wildman–Crippen MR) is 99.6 cm³/mol. The quantitative estimate of drug-likeness (QED) is 0.825. The van der Waals surface area contributed by atoms with Crippen LogP contribution in [0, 0.1) is 4.91 Å². The van der Waals surface area contributed by atoms with E-state index < -0.39 is 11.0 Å². The van der Waals surface area contributed by atoms with E-state index in [0.717, 1.165) is 56.2 Å². The van der Waals surface area contributed by atoms with Crippen molar-refractivity contribution in [3.8, 4) is 5.75 Å². The molecule has 5 heteroatoms. The number of likely N-dealkylation sites (N-methyl/N-ethyl adjacent to an activating group) is 1. The molecule has 1 aliphatic heterocycles. The van der Waals surface area contributed by atoms with Gasteiger partial charge in [-0.1, -0.05) is 18.9 Å². The zero-order valence-corrected chi connectivity index (χ0v) is 15.8. The first kappa shape index (κ1) is 18.3. The third-order valence-electron chi connectivity index (χ3n) is 6.72. The Balaban J connectivity index is 2.30. The number of hydrogen-bond acceptors (Lipinski definition) is 5. The van der Waals surface area contributed by atoms with Crippen LogP contribution >= 0.6 is 0 Å². The molecule has 1 fully saturated rings. The van der Waals surface area contributed by atoms with Crippen LogP contribution in [0.4, 0.5) is 5.69 Å².